The van der Waals surface area contributed by atoms with E-state index >= 15 is 0 Å². The van der Waals surface area contributed by atoms with E-state index in [1.54, 1.807) is 14.2 Å². The molecule has 1 aliphatic heterocycles. The van der Waals surface area contributed by atoms with Gasteiger partial charge in [0.25, 0.3) is 0 Å². The van der Waals surface area contributed by atoms with Gasteiger partial charge in [0.2, 0.25) is 0 Å². The van der Waals surface area contributed by atoms with Crippen LogP contribution in [-0.4, -0.2) is 24.0 Å². The fourth-order valence-corrected chi connectivity index (χ4v) is 3.85. The van der Waals surface area contributed by atoms with Crippen LogP contribution in [0.3, 0.4) is 0 Å². The van der Waals surface area contributed by atoms with Gasteiger partial charge in [0.1, 0.15) is 11.5 Å². The van der Waals surface area contributed by atoms with E-state index in [-0.39, 0.29) is 6.17 Å². The topological polar surface area (TPSA) is 48.3 Å². The van der Waals surface area contributed by atoms with E-state index in [1.807, 2.05) is 53.2 Å². The fourth-order valence-electron chi connectivity index (χ4n) is 3.85. The van der Waals surface area contributed by atoms with Crippen molar-refractivity contribution < 1.29 is 9.47 Å². The standard InChI is InChI=1S/C24H21N3O2/c1-28-17-12-13-23(29-2)19(14-17)24-25-20-11-7-6-10-18(20)22-15-21(26-27(22)24)16-8-4-3-5-9-16/h3-15,24-25H,1-2H3. The van der Waals surface area contributed by atoms with E-state index in [2.05, 4.69) is 35.6 Å². The Morgan fingerprint density at radius 1 is 0.862 bits per heavy atom. The van der Waals surface area contributed by atoms with Crippen molar-refractivity contribution in [2.45, 2.75) is 6.17 Å². The molecule has 0 radical (unpaired) electrons. The van der Waals surface area contributed by atoms with Crippen molar-refractivity contribution in [2.75, 3.05) is 19.5 Å². The van der Waals surface area contributed by atoms with Gasteiger partial charge in [-0.1, -0.05) is 48.5 Å². The SMILES string of the molecule is COc1ccc(OC)c(C2Nc3ccccc3-c3cc(-c4ccccc4)nn32)c1. The van der Waals surface area contributed by atoms with Crippen molar-refractivity contribution in [1.82, 2.24) is 9.78 Å². The minimum atomic E-state index is -0.220. The zero-order chi connectivity index (χ0) is 19.8. The van der Waals surface area contributed by atoms with Gasteiger partial charge in [-0.05, 0) is 30.3 Å². The van der Waals surface area contributed by atoms with Crippen LogP contribution in [0.1, 0.15) is 11.7 Å². The highest BCUT2D eigenvalue weighted by atomic mass is 16.5. The number of para-hydroxylation sites is 1. The van der Waals surface area contributed by atoms with Crippen molar-refractivity contribution in [3.05, 3.63) is 84.4 Å². The number of benzene rings is 3. The molecule has 2 heterocycles. The molecule has 1 N–H and O–H groups in total. The molecule has 5 rings (SSSR count). The van der Waals surface area contributed by atoms with E-state index in [4.69, 9.17) is 14.6 Å². The molecule has 5 nitrogen and oxygen atoms in total. The van der Waals surface area contributed by atoms with Gasteiger partial charge in [-0.2, -0.15) is 5.10 Å². The van der Waals surface area contributed by atoms with Gasteiger partial charge in [-0.15, -0.1) is 0 Å². The number of methoxy groups -OCH3 is 2. The van der Waals surface area contributed by atoms with E-state index < -0.39 is 0 Å². The van der Waals surface area contributed by atoms with Crippen molar-refractivity contribution >= 4 is 5.69 Å². The monoisotopic (exact) mass is 383 g/mol. The summed E-state index contributed by atoms with van der Waals surface area (Å²) in [7, 11) is 3.35. The zero-order valence-electron chi connectivity index (χ0n) is 16.3. The lowest BCUT2D eigenvalue weighted by atomic mass is 10.0. The van der Waals surface area contributed by atoms with Gasteiger partial charge in [0, 0.05) is 22.4 Å². The maximum atomic E-state index is 5.66. The lowest BCUT2D eigenvalue weighted by molar-refractivity contribution is 0.392. The summed E-state index contributed by atoms with van der Waals surface area (Å²) in [6.45, 7) is 0. The molecular weight excluding hydrogens is 362 g/mol. The van der Waals surface area contributed by atoms with Gasteiger partial charge in [0.15, 0.2) is 6.17 Å². The number of nitrogens with zero attached hydrogens (tertiary/aromatic N) is 2. The zero-order valence-corrected chi connectivity index (χ0v) is 16.3. The Hall–Kier alpha value is -3.73. The molecule has 1 aliphatic rings. The Kier molecular flexibility index (Phi) is 4.21. The molecule has 0 fully saturated rings. The quantitative estimate of drug-likeness (QED) is 0.526. The highest BCUT2D eigenvalue weighted by Crippen LogP contribution is 2.42. The minimum Gasteiger partial charge on any atom is -0.497 e. The van der Waals surface area contributed by atoms with Crippen LogP contribution >= 0.6 is 0 Å². The molecule has 0 aliphatic carbocycles. The molecule has 1 aromatic heterocycles. The van der Waals surface area contributed by atoms with Crippen molar-refractivity contribution in [3.63, 3.8) is 0 Å². The smallest absolute Gasteiger partial charge is 0.151 e. The summed E-state index contributed by atoms with van der Waals surface area (Å²) in [4.78, 5) is 0. The second kappa shape index (κ2) is 7.02. The van der Waals surface area contributed by atoms with E-state index in [9.17, 15) is 0 Å². The maximum Gasteiger partial charge on any atom is 0.151 e. The van der Waals surface area contributed by atoms with E-state index in [0.29, 0.717) is 0 Å². The molecule has 0 saturated heterocycles. The third-order valence-corrected chi connectivity index (χ3v) is 5.28. The second-order valence-corrected chi connectivity index (χ2v) is 6.93. The Morgan fingerprint density at radius 3 is 2.45 bits per heavy atom. The molecule has 3 aromatic carbocycles. The Morgan fingerprint density at radius 2 is 1.66 bits per heavy atom. The first-order valence-corrected chi connectivity index (χ1v) is 9.51. The molecule has 29 heavy (non-hydrogen) atoms. The van der Waals surface area contributed by atoms with Crippen molar-refractivity contribution in [1.29, 1.82) is 0 Å². The number of aromatic nitrogens is 2. The third-order valence-electron chi connectivity index (χ3n) is 5.28. The predicted molar refractivity (Wildman–Crippen MR) is 114 cm³/mol. The number of rotatable bonds is 4. The number of nitrogens with one attached hydrogen (secondary N) is 1. The minimum absolute atomic E-state index is 0.220. The normalized spacial score (nSPS) is 14.5. The number of fused-ring (bicyclic) bond motifs is 3. The maximum absolute atomic E-state index is 5.66. The third kappa shape index (κ3) is 2.91. The number of anilines is 1. The molecular formula is C24H21N3O2. The van der Waals surface area contributed by atoms with Crippen LogP contribution in [0.25, 0.3) is 22.5 Å². The van der Waals surface area contributed by atoms with Crippen LogP contribution in [0.4, 0.5) is 5.69 Å². The van der Waals surface area contributed by atoms with Gasteiger partial charge in [-0.25, -0.2) is 4.68 Å². The summed E-state index contributed by atoms with van der Waals surface area (Å²) in [6.07, 6.45) is -0.220. The second-order valence-electron chi connectivity index (χ2n) is 6.93. The van der Waals surface area contributed by atoms with Gasteiger partial charge in [-0.3, -0.25) is 0 Å². The van der Waals surface area contributed by atoms with Crippen molar-refractivity contribution in [2.24, 2.45) is 0 Å². The first kappa shape index (κ1) is 17.4. The lowest BCUT2D eigenvalue weighted by Gasteiger charge is -2.30. The predicted octanol–water partition coefficient (Wildman–Crippen LogP) is 5.21. The van der Waals surface area contributed by atoms with E-state index in [0.717, 1.165) is 45.3 Å². The molecule has 0 amide bonds. The highest BCUT2D eigenvalue weighted by molar-refractivity contribution is 5.81. The van der Waals surface area contributed by atoms with Crippen LogP contribution in [0.2, 0.25) is 0 Å². The molecule has 1 unspecified atom stereocenters. The number of ether oxygens (including phenoxy) is 2. The summed E-state index contributed by atoms with van der Waals surface area (Å²) in [6, 6.07) is 26.5. The Bertz CT molecular complexity index is 1170. The Balaban J connectivity index is 1.72. The first-order chi connectivity index (χ1) is 14.3. The van der Waals surface area contributed by atoms with Gasteiger partial charge < -0.3 is 14.8 Å². The van der Waals surface area contributed by atoms with Crippen LogP contribution in [0.15, 0.2) is 78.9 Å². The van der Waals surface area contributed by atoms with Crippen LogP contribution in [-0.2, 0) is 0 Å². The van der Waals surface area contributed by atoms with Crippen LogP contribution in [0, 0.1) is 0 Å². The van der Waals surface area contributed by atoms with E-state index in [1.165, 1.54) is 0 Å². The summed E-state index contributed by atoms with van der Waals surface area (Å²) in [5.74, 6) is 1.56. The summed E-state index contributed by atoms with van der Waals surface area (Å²) in [5, 5.41) is 8.59. The lowest BCUT2D eigenvalue weighted by Crippen LogP contribution is -2.26. The van der Waals surface area contributed by atoms with Gasteiger partial charge >= 0.3 is 0 Å². The van der Waals surface area contributed by atoms with Crippen molar-refractivity contribution in [3.8, 4) is 34.0 Å². The van der Waals surface area contributed by atoms with Crippen LogP contribution in [0.5, 0.6) is 11.5 Å². The molecule has 0 bridgehead atoms. The Labute approximate surface area is 169 Å². The van der Waals surface area contributed by atoms with Crippen LogP contribution < -0.4 is 14.8 Å². The average Bonchev–Trinajstić information content (AvgIpc) is 3.24. The molecule has 0 spiro atoms. The molecule has 4 aromatic rings. The average molecular weight is 383 g/mol. The number of hydrogen-bond donors (Lipinski definition) is 1. The van der Waals surface area contributed by atoms with Gasteiger partial charge in [0.05, 0.1) is 25.6 Å². The summed E-state index contributed by atoms with van der Waals surface area (Å²) < 4.78 is 13.1. The summed E-state index contributed by atoms with van der Waals surface area (Å²) >= 11 is 0. The molecule has 0 saturated carbocycles. The first-order valence-electron chi connectivity index (χ1n) is 9.51. The largest absolute Gasteiger partial charge is 0.497 e. The summed E-state index contributed by atoms with van der Waals surface area (Å²) in [5.41, 5.74) is 6.24. The fraction of sp³-hybridized carbons (Fsp3) is 0.125. The molecule has 144 valence electrons. The molecule has 1 atom stereocenters. The molecule has 5 heteroatoms. The highest BCUT2D eigenvalue weighted by Gasteiger charge is 2.29. The number of hydrogen-bond acceptors (Lipinski definition) is 4.